The number of carboxylic acid groups (broad SMARTS) is 1. The molecule has 7 nitrogen and oxygen atoms in total. The molecule has 1 aromatic carbocycles. The van der Waals surface area contributed by atoms with Crippen LogP contribution in [0.4, 0.5) is 13.2 Å². The van der Waals surface area contributed by atoms with E-state index in [4.69, 9.17) is 0 Å². The van der Waals surface area contributed by atoms with Crippen LogP contribution >= 0.6 is 0 Å². The molecular formula is C25H34F3N3O4. The zero-order valence-electron chi connectivity index (χ0n) is 20.3. The summed E-state index contributed by atoms with van der Waals surface area (Å²) in [6.07, 6.45) is -1.30. The molecule has 1 saturated heterocycles. The molecule has 2 N–H and O–H groups in total. The van der Waals surface area contributed by atoms with Crippen LogP contribution in [-0.4, -0.2) is 70.4 Å². The normalized spacial score (nSPS) is 25.4. The first kappa shape index (κ1) is 27.0. The Kier molecular flexibility index (Phi) is 8.46. The van der Waals surface area contributed by atoms with Gasteiger partial charge in [0.05, 0.1) is 5.56 Å². The fourth-order valence-corrected chi connectivity index (χ4v) is 5.29. The lowest BCUT2D eigenvalue weighted by atomic mass is 9.77. The molecule has 35 heavy (non-hydrogen) atoms. The quantitative estimate of drug-likeness (QED) is 0.571. The molecule has 1 saturated carbocycles. The Balaban J connectivity index is 1.69. The fourth-order valence-electron chi connectivity index (χ4n) is 5.29. The lowest BCUT2D eigenvalue weighted by molar-refractivity contribution is -0.138. The highest BCUT2D eigenvalue weighted by molar-refractivity contribution is 5.98. The van der Waals surface area contributed by atoms with Crippen LogP contribution in [0.25, 0.3) is 0 Å². The summed E-state index contributed by atoms with van der Waals surface area (Å²) in [6.45, 7) is 4.64. The van der Waals surface area contributed by atoms with Crippen LogP contribution in [0.1, 0.15) is 68.3 Å². The third kappa shape index (κ3) is 6.54. The van der Waals surface area contributed by atoms with Gasteiger partial charge < -0.3 is 20.2 Å². The van der Waals surface area contributed by atoms with Crippen LogP contribution in [-0.2, 0) is 15.8 Å². The van der Waals surface area contributed by atoms with E-state index in [0.717, 1.165) is 31.4 Å². The molecule has 1 heterocycles. The van der Waals surface area contributed by atoms with Crippen LogP contribution < -0.4 is 5.32 Å². The van der Waals surface area contributed by atoms with Crippen molar-refractivity contribution in [3.05, 3.63) is 35.4 Å². The molecule has 4 atom stereocenters. The van der Waals surface area contributed by atoms with Crippen molar-refractivity contribution in [3.63, 3.8) is 0 Å². The van der Waals surface area contributed by atoms with E-state index in [0.29, 0.717) is 31.5 Å². The molecule has 3 rings (SSSR count). The molecule has 1 aliphatic heterocycles. The average Bonchev–Trinajstić information content (AvgIpc) is 3.16. The third-order valence-electron chi connectivity index (χ3n) is 7.43. The number of nitrogens with zero attached hydrogens (tertiary/aromatic N) is 2. The predicted octanol–water partition coefficient (Wildman–Crippen LogP) is 3.78. The van der Waals surface area contributed by atoms with E-state index in [2.05, 4.69) is 31.1 Å². The second kappa shape index (κ2) is 11.0. The van der Waals surface area contributed by atoms with E-state index in [1.165, 1.54) is 12.1 Å². The molecule has 10 heteroatoms. The van der Waals surface area contributed by atoms with Gasteiger partial charge in [0.25, 0.3) is 5.91 Å². The molecule has 2 amide bonds. The third-order valence-corrected chi connectivity index (χ3v) is 7.43. The number of alkyl halides is 3. The van der Waals surface area contributed by atoms with Crippen LogP contribution in [0.15, 0.2) is 24.3 Å². The van der Waals surface area contributed by atoms with Crippen molar-refractivity contribution in [1.82, 2.24) is 15.1 Å². The SMILES string of the molecule is CC(C)N(C)[C@@H]1CC[C@H](N2CCC(NC(=O)c3cccc(C(F)(F)F)c3)C2=O)[C@@H](CCC(=O)O)C1. The highest BCUT2D eigenvalue weighted by atomic mass is 19.4. The molecule has 1 unspecified atom stereocenters. The molecule has 0 aromatic heterocycles. The minimum absolute atomic E-state index is 0.0212. The Morgan fingerprint density at radius 1 is 1.23 bits per heavy atom. The number of rotatable bonds is 8. The Morgan fingerprint density at radius 3 is 2.57 bits per heavy atom. The van der Waals surface area contributed by atoms with Gasteiger partial charge in [0.15, 0.2) is 0 Å². The summed E-state index contributed by atoms with van der Waals surface area (Å²) in [4.78, 5) is 41.1. The van der Waals surface area contributed by atoms with Gasteiger partial charge in [-0.05, 0) is 77.1 Å². The summed E-state index contributed by atoms with van der Waals surface area (Å²) in [7, 11) is 2.06. The van der Waals surface area contributed by atoms with Crippen LogP contribution in [0.2, 0.25) is 0 Å². The summed E-state index contributed by atoms with van der Waals surface area (Å²) in [6, 6.07) is 3.85. The standard InChI is InChI=1S/C25H34F3N3O4/c1-15(2)30(3)19-8-9-21(16(14-19)7-10-22(32)33)31-12-11-20(24(31)35)29-23(34)17-5-4-6-18(13-17)25(26,27)28/h4-6,13,15-16,19-21H,7-12,14H2,1-3H3,(H,29,34)(H,32,33)/t16-,19+,20?,21-/m0/s1. The van der Waals surface area contributed by atoms with E-state index < -0.39 is 29.7 Å². The summed E-state index contributed by atoms with van der Waals surface area (Å²) in [5, 5.41) is 11.8. The van der Waals surface area contributed by atoms with Crippen molar-refractivity contribution in [2.75, 3.05) is 13.6 Å². The monoisotopic (exact) mass is 497 g/mol. The van der Waals surface area contributed by atoms with Gasteiger partial charge in [0.2, 0.25) is 5.91 Å². The van der Waals surface area contributed by atoms with E-state index in [1.54, 1.807) is 4.90 Å². The van der Waals surface area contributed by atoms with Gasteiger partial charge in [-0.15, -0.1) is 0 Å². The van der Waals surface area contributed by atoms with Gasteiger partial charge >= 0.3 is 12.1 Å². The summed E-state index contributed by atoms with van der Waals surface area (Å²) in [5.74, 6) is -1.83. The second-order valence-electron chi connectivity index (χ2n) is 9.91. The number of carbonyl (C=O) groups is 3. The number of amides is 2. The molecule has 0 radical (unpaired) electrons. The van der Waals surface area contributed by atoms with E-state index in [9.17, 15) is 32.7 Å². The maximum absolute atomic E-state index is 13.2. The predicted molar refractivity (Wildman–Crippen MR) is 124 cm³/mol. The van der Waals surface area contributed by atoms with Gasteiger partial charge in [0, 0.05) is 36.7 Å². The van der Waals surface area contributed by atoms with Gasteiger partial charge in [-0.3, -0.25) is 14.4 Å². The van der Waals surface area contributed by atoms with Crippen LogP contribution in [0, 0.1) is 5.92 Å². The molecule has 2 fully saturated rings. The first-order valence-electron chi connectivity index (χ1n) is 12.1. The van der Waals surface area contributed by atoms with E-state index in [1.807, 2.05) is 0 Å². The minimum atomic E-state index is -4.57. The maximum atomic E-state index is 13.2. The number of aliphatic carboxylic acids is 1. The smallest absolute Gasteiger partial charge is 0.416 e. The molecule has 1 aromatic rings. The largest absolute Gasteiger partial charge is 0.481 e. The Bertz CT molecular complexity index is 937. The minimum Gasteiger partial charge on any atom is -0.481 e. The van der Waals surface area contributed by atoms with Gasteiger partial charge in [-0.2, -0.15) is 13.2 Å². The molecule has 2 aliphatic rings. The van der Waals surface area contributed by atoms with Crippen molar-refractivity contribution in [2.45, 2.75) is 82.7 Å². The van der Waals surface area contributed by atoms with E-state index in [-0.39, 0.29) is 29.9 Å². The first-order chi connectivity index (χ1) is 16.4. The number of benzene rings is 1. The average molecular weight is 498 g/mol. The number of halogens is 3. The molecule has 1 aliphatic carbocycles. The Hall–Kier alpha value is -2.62. The first-order valence-corrected chi connectivity index (χ1v) is 12.1. The highest BCUT2D eigenvalue weighted by Gasteiger charge is 2.43. The maximum Gasteiger partial charge on any atom is 0.416 e. The van der Waals surface area contributed by atoms with Crippen molar-refractivity contribution in [1.29, 1.82) is 0 Å². The molecule has 0 bridgehead atoms. The number of hydrogen-bond acceptors (Lipinski definition) is 4. The summed E-state index contributed by atoms with van der Waals surface area (Å²) in [5.41, 5.74) is -1.07. The zero-order valence-corrected chi connectivity index (χ0v) is 20.3. The molecule has 0 spiro atoms. The van der Waals surface area contributed by atoms with Gasteiger partial charge in [-0.25, -0.2) is 0 Å². The van der Waals surface area contributed by atoms with Crippen molar-refractivity contribution < 1.29 is 32.7 Å². The number of hydrogen-bond donors (Lipinski definition) is 2. The second-order valence-corrected chi connectivity index (χ2v) is 9.91. The molecular weight excluding hydrogens is 463 g/mol. The van der Waals surface area contributed by atoms with Crippen molar-refractivity contribution >= 4 is 17.8 Å². The lowest BCUT2D eigenvalue weighted by Crippen LogP contribution is -2.51. The van der Waals surface area contributed by atoms with Crippen molar-refractivity contribution in [2.24, 2.45) is 5.92 Å². The number of nitrogens with one attached hydrogen (secondary N) is 1. The number of carboxylic acids is 1. The van der Waals surface area contributed by atoms with Crippen molar-refractivity contribution in [3.8, 4) is 0 Å². The van der Waals surface area contributed by atoms with Crippen LogP contribution in [0.5, 0.6) is 0 Å². The highest BCUT2D eigenvalue weighted by Crippen LogP contribution is 2.36. The zero-order chi connectivity index (χ0) is 25.9. The Morgan fingerprint density at radius 2 is 1.94 bits per heavy atom. The molecule has 194 valence electrons. The van der Waals surface area contributed by atoms with Gasteiger partial charge in [-0.1, -0.05) is 6.07 Å². The number of carbonyl (C=O) groups excluding carboxylic acids is 2. The van der Waals surface area contributed by atoms with Gasteiger partial charge in [0.1, 0.15) is 6.04 Å². The fraction of sp³-hybridized carbons (Fsp3) is 0.640. The Labute approximate surface area is 203 Å². The number of likely N-dealkylation sites (tertiary alicyclic amines) is 1. The lowest BCUT2D eigenvalue weighted by Gasteiger charge is -2.44. The topological polar surface area (TPSA) is 90.0 Å². The summed E-state index contributed by atoms with van der Waals surface area (Å²) >= 11 is 0. The summed E-state index contributed by atoms with van der Waals surface area (Å²) < 4.78 is 39.0. The van der Waals surface area contributed by atoms with E-state index >= 15 is 0 Å². The van der Waals surface area contributed by atoms with Crippen LogP contribution in [0.3, 0.4) is 0 Å².